The highest BCUT2D eigenvalue weighted by Crippen LogP contribution is 2.37. The fraction of sp³-hybridized carbons (Fsp3) is 0.286. The largest absolute Gasteiger partial charge is 0.497 e. The predicted molar refractivity (Wildman–Crippen MR) is 200 cm³/mol. The topological polar surface area (TPSA) is 28.2 Å². The Bertz CT molecular complexity index is 1540. The molecule has 47 heavy (non-hydrogen) atoms. The number of rotatable bonds is 15. The maximum atomic E-state index is 5.44. The number of benzene rings is 5. The summed E-state index contributed by atoms with van der Waals surface area (Å²) >= 11 is 0. The third-order valence-corrected chi connectivity index (χ3v) is 9.14. The van der Waals surface area contributed by atoms with E-state index in [0.29, 0.717) is 0 Å². The average molecular weight is 628 g/mol. The van der Waals surface area contributed by atoms with Crippen molar-refractivity contribution in [1.82, 2.24) is 0 Å². The van der Waals surface area contributed by atoms with E-state index in [1.54, 1.807) is 14.2 Å². The monoisotopic (exact) mass is 627 g/mol. The van der Waals surface area contributed by atoms with Gasteiger partial charge in [0.2, 0.25) is 0 Å². The van der Waals surface area contributed by atoms with E-state index in [-0.39, 0.29) is 5.92 Å². The quantitative estimate of drug-likeness (QED) is 0.115. The van der Waals surface area contributed by atoms with Crippen LogP contribution in [0.25, 0.3) is 0 Å². The molecule has 5 heteroatoms. The third-order valence-electron chi connectivity index (χ3n) is 9.14. The van der Waals surface area contributed by atoms with Crippen molar-refractivity contribution in [1.29, 1.82) is 0 Å². The molecule has 5 nitrogen and oxygen atoms in total. The molecule has 0 heterocycles. The lowest BCUT2D eigenvalue weighted by Crippen LogP contribution is -2.22. The van der Waals surface area contributed by atoms with Crippen LogP contribution in [0, 0.1) is 0 Å². The second-order valence-electron chi connectivity index (χ2n) is 11.7. The Labute approximate surface area is 282 Å². The second-order valence-corrected chi connectivity index (χ2v) is 11.7. The summed E-state index contributed by atoms with van der Waals surface area (Å²) in [5.74, 6) is 1.90. The van der Waals surface area contributed by atoms with Gasteiger partial charge in [-0.3, -0.25) is 0 Å². The smallest absolute Gasteiger partial charge is 0.119 e. The zero-order valence-electron chi connectivity index (χ0n) is 28.8. The van der Waals surface area contributed by atoms with Gasteiger partial charge in [0.15, 0.2) is 0 Å². The van der Waals surface area contributed by atoms with E-state index in [4.69, 9.17) is 9.47 Å². The standard InChI is InChI=1S/C42H49N3O2/c1-7-43(8-2)35-19-13-33(14-20-35)42(34-15-21-36(22-16-34)44(9-3)10-4)31-32-11-17-37(18-12-32)45(38-23-27-40(46-5)28-24-38)39-25-29-41(47-6)30-26-39/h11-30,42H,7-10,31H2,1-6H3. The summed E-state index contributed by atoms with van der Waals surface area (Å²) in [6.45, 7) is 12.9. The Morgan fingerprint density at radius 3 is 1.06 bits per heavy atom. The Kier molecular flexibility index (Phi) is 11.5. The fourth-order valence-electron chi connectivity index (χ4n) is 6.37. The van der Waals surface area contributed by atoms with Gasteiger partial charge < -0.3 is 24.2 Å². The van der Waals surface area contributed by atoms with Gasteiger partial charge >= 0.3 is 0 Å². The SMILES string of the molecule is CCN(CC)c1ccc(C(Cc2ccc(N(c3ccc(OC)cc3)c3ccc(OC)cc3)cc2)c2ccc(N(CC)CC)cc2)cc1. The van der Waals surface area contributed by atoms with Gasteiger partial charge in [0, 0.05) is 60.5 Å². The van der Waals surface area contributed by atoms with Crippen molar-refractivity contribution in [3.8, 4) is 11.5 Å². The molecule has 0 atom stereocenters. The number of anilines is 5. The molecule has 0 unspecified atom stereocenters. The predicted octanol–water partition coefficient (Wildman–Crippen LogP) is 10.2. The lowest BCUT2D eigenvalue weighted by atomic mass is 9.85. The van der Waals surface area contributed by atoms with Crippen LogP contribution < -0.4 is 24.2 Å². The van der Waals surface area contributed by atoms with Gasteiger partial charge in [0.05, 0.1) is 14.2 Å². The van der Waals surface area contributed by atoms with E-state index >= 15 is 0 Å². The molecule has 0 amide bonds. The normalized spacial score (nSPS) is 11.0. The summed E-state index contributed by atoms with van der Waals surface area (Å²) in [6, 6.07) is 43.8. The van der Waals surface area contributed by atoms with Gasteiger partial charge in [0.1, 0.15) is 11.5 Å². The van der Waals surface area contributed by atoms with E-state index in [2.05, 4.69) is 139 Å². The maximum absolute atomic E-state index is 5.44. The number of nitrogens with zero attached hydrogens (tertiary/aromatic N) is 3. The Morgan fingerprint density at radius 2 is 0.745 bits per heavy atom. The first kappa shape index (κ1) is 33.5. The van der Waals surface area contributed by atoms with E-state index in [0.717, 1.165) is 61.2 Å². The minimum absolute atomic E-state index is 0.233. The first-order valence-corrected chi connectivity index (χ1v) is 16.9. The van der Waals surface area contributed by atoms with E-state index in [9.17, 15) is 0 Å². The first-order chi connectivity index (χ1) is 23.0. The highest BCUT2D eigenvalue weighted by molar-refractivity contribution is 5.77. The fourth-order valence-corrected chi connectivity index (χ4v) is 6.37. The molecule has 0 spiro atoms. The average Bonchev–Trinajstić information content (AvgIpc) is 3.13. The Hall–Kier alpha value is -4.90. The van der Waals surface area contributed by atoms with Crippen LogP contribution in [-0.4, -0.2) is 40.4 Å². The summed E-state index contributed by atoms with van der Waals surface area (Å²) in [7, 11) is 3.39. The highest BCUT2D eigenvalue weighted by Gasteiger charge is 2.18. The summed E-state index contributed by atoms with van der Waals surface area (Å²) < 4.78 is 10.9. The van der Waals surface area contributed by atoms with Crippen molar-refractivity contribution >= 4 is 28.4 Å². The molecule has 5 aromatic rings. The molecular formula is C42H49N3O2. The van der Waals surface area contributed by atoms with E-state index in [1.807, 2.05) is 24.3 Å². The van der Waals surface area contributed by atoms with Crippen LogP contribution in [0.5, 0.6) is 11.5 Å². The van der Waals surface area contributed by atoms with E-state index in [1.165, 1.54) is 28.1 Å². The molecule has 0 aromatic heterocycles. The van der Waals surface area contributed by atoms with Crippen molar-refractivity contribution in [2.45, 2.75) is 40.0 Å². The molecular weight excluding hydrogens is 578 g/mol. The van der Waals surface area contributed by atoms with Gasteiger partial charge in [-0.2, -0.15) is 0 Å². The van der Waals surface area contributed by atoms with Crippen LogP contribution in [-0.2, 0) is 6.42 Å². The molecule has 0 saturated carbocycles. The van der Waals surface area contributed by atoms with Crippen LogP contribution in [0.1, 0.15) is 50.3 Å². The van der Waals surface area contributed by atoms with Gasteiger partial charge in [-0.25, -0.2) is 0 Å². The van der Waals surface area contributed by atoms with Crippen LogP contribution in [0.2, 0.25) is 0 Å². The molecule has 0 radical (unpaired) electrons. The van der Waals surface area contributed by atoms with Crippen LogP contribution in [0.3, 0.4) is 0 Å². The van der Waals surface area contributed by atoms with Crippen molar-refractivity contribution < 1.29 is 9.47 Å². The molecule has 0 aliphatic carbocycles. The molecule has 5 aromatic carbocycles. The second kappa shape index (κ2) is 16.1. The highest BCUT2D eigenvalue weighted by atomic mass is 16.5. The van der Waals surface area contributed by atoms with Crippen LogP contribution >= 0.6 is 0 Å². The number of hydrogen-bond donors (Lipinski definition) is 0. The third kappa shape index (κ3) is 7.91. The zero-order valence-corrected chi connectivity index (χ0v) is 28.8. The molecule has 0 aliphatic rings. The van der Waals surface area contributed by atoms with Crippen LogP contribution in [0.4, 0.5) is 28.4 Å². The lowest BCUT2D eigenvalue weighted by Gasteiger charge is -2.26. The minimum Gasteiger partial charge on any atom is -0.497 e. The summed E-state index contributed by atoms with van der Waals surface area (Å²) in [4.78, 5) is 7.06. The van der Waals surface area contributed by atoms with Gasteiger partial charge in [-0.15, -0.1) is 0 Å². The Morgan fingerprint density at radius 1 is 0.426 bits per heavy atom. The van der Waals surface area contributed by atoms with Crippen molar-refractivity contribution in [3.63, 3.8) is 0 Å². The number of methoxy groups -OCH3 is 2. The lowest BCUT2D eigenvalue weighted by molar-refractivity contribution is 0.415. The minimum atomic E-state index is 0.233. The maximum Gasteiger partial charge on any atom is 0.119 e. The molecule has 0 bridgehead atoms. The molecule has 0 saturated heterocycles. The van der Waals surface area contributed by atoms with Gasteiger partial charge in [-0.1, -0.05) is 36.4 Å². The summed E-state index contributed by atoms with van der Waals surface area (Å²) in [6.07, 6.45) is 0.903. The summed E-state index contributed by atoms with van der Waals surface area (Å²) in [5, 5.41) is 0. The van der Waals surface area contributed by atoms with Crippen molar-refractivity contribution in [2.75, 3.05) is 55.1 Å². The summed E-state index contributed by atoms with van der Waals surface area (Å²) in [5.41, 5.74) is 9.71. The van der Waals surface area contributed by atoms with Gasteiger partial charge in [-0.05, 0) is 136 Å². The zero-order chi connectivity index (χ0) is 33.2. The first-order valence-electron chi connectivity index (χ1n) is 16.9. The van der Waals surface area contributed by atoms with E-state index < -0.39 is 0 Å². The molecule has 0 aliphatic heterocycles. The van der Waals surface area contributed by atoms with Gasteiger partial charge in [0.25, 0.3) is 0 Å². The van der Waals surface area contributed by atoms with Crippen LogP contribution in [0.15, 0.2) is 121 Å². The van der Waals surface area contributed by atoms with Crippen molar-refractivity contribution in [3.05, 3.63) is 138 Å². The van der Waals surface area contributed by atoms with Crippen molar-refractivity contribution in [2.24, 2.45) is 0 Å². The molecule has 0 fully saturated rings. The number of ether oxygens (including phenoxy) is 2. The molecule has 244 valence electrons. The molecule has 5 rings (SSSR count). The number of hydrogen-bond acceptors (Lipinski definition) is 5. The Balaban J connectivity index is 1.48. The molecule has 0 N–H and O–H groups in total.